The van der Waals surface area contributed by atoms with Crippen molar-refractivity contribution in [3.05, 3.63) is 35.2 Å². The van der Waals surface area contributed by atoms with Gasteiger partial charge in [0.25, 0.3) is 11.9 Å². The molecule has 1 amide bonds. The van der Waals surface area contributed by atoms with E-state index in [1.54, 1.807) is 12.1 Å². The lowest BCUT2D eigenvalue weighted by molar-refractivity contribution is 0.0801. The molecule has 1 saturated carbocycles. The predicted molar refractivity (Wildman–Crippen MR) is 127 cm³/mol. The standard InChI is InChI=1S/C25H36N4O5/c1-17-14-21(7-8-22(17)23(32)26-15-20(31)16-30)33-13-3-4-18-9-11-29(12-10-18)25-27-24(34-28-25)19-5-2-6-19/h7-8,14,18-20,30-31H,2-6,9-13,15-16H2,1H3,(H,26,32). The number of rotatable bonds is 11. The monoisotopic (exact) mass is 472 g/mol. The molecule has 3 N–H and O–H groups in total. The Morgan fingerprint density at radius 1 is 1.29 bits per heavy atom. The molecule has 1 aliphatic carbocycles. The van der Waals surface area contributed by atoms with Crippen molar-refractivity contribution >= 4 is 11.9 Å². The minimum Gasteiger partial charge on any atom is -0.494 e. The summed E-state index contributed by atoms with van der Waals surface area (Å²) in [7, 11) is 0. The molecule has 9 heteroatoms. The van der Waals surface area contributed by atoms with Crippen LogP contribution in [0.5, 0.6) is 5.75 Å². The summed E-state index contributed by atoms with van der Waals surface area (Å²) in [6, 6.07) is 5.39. The van der Waals surface area contributed by atoms with Crippen LogP contribution < -0.4 is 15.0 Å². The molecule has 0 radical (unpaired) electrons. The van der Waals surface area contributed by atoms with E-state index in [0.29, 0.717) is 24.0 Å². The van der Waals surface area contributed by atoms with Gasteiger partial charge < -0.3 is 29.7 Å². The van der Waals surface area contributed by atoms with Gasteiger partial charge >= 0.3 is 0 Å². The Bertz CT molecular complexity index is 937. The molecule has 9 nitrogen and oxygen atoms in total. The second-order valence-electron chi connectivity index (χ2n) is 9.50. The predicted octanol–water partition coefficient (Wildman–Crippen LogP) is 2.80. The first-order valence-electron chi connectivity index (χ1n) is 12.4. The number of hydrogen-bond donors (Lipinski definition) is 3. The second kappa shape index (κ2) is 11.7. The summed E-state index contributed by atoms with van der Waals surface area (Å²) in [5, 5.41) is 25.0. The van der Waals surface area contributed by atoms with E-state index < -0.39 is 6.10 Å². The average Bonchev–Trinajstić information content (AvgIpc) is 3.28. The van der Waals surface area contributed by atoms with E-state index in [0.717, 1.165) is 61.9 Å². The van der Waals surface area contributed by atoms with Gasteiger partial charge in [-0.05, 0) is 80.3 Å². The van der Waals surface area contributed by atoms with Crippen molar-refractivity contribution in [3.63, 3.8) is 0 Å². The number of carbonyl (C=O) groups excluding carboxylic acids is 1. The summed E-state index contributed by atoms with van der Waals surface area (Å²) in [6.07, 6.45) is 7.00. The van der Waals surface area contributed by atoms with E-state index in [2.05, 4.69) is 20.4 Å². The van der Waals surface area contributed by atoms with Crippen LogP contribution in [0, 0.1) is 12.8 Å². The number of carbonyl (C=O) groups is 1. The molecule has 2 aliphatic rings. The van der Waals surface area contributed by atoms with Gasteiger partial charge in [0, 0.05) is 31.1 Å². The molecule has 1 atom stereocenters. The fourth-order valence-corrected chi connectivity index (χ4v) is 4.51. The summed E-state index contributed by atoms with van der Waals surface area (Å²) in [5.74, 6) is 3.19. The lowest BCUT2D eigenvalue weighted by Crippen LogP contribution is -2.34. The molecule has 1 aliphatic heterocycles. The van der Waals surface area contributed by atoms with Crippen LogP contribution in [0.1, 0.15) is 72.7 Å². The van der Waals surface area contributed by atoms with E-state index in [1.165, 1.54) is 19.3 Å². The van der Waals surface area contributed by atoms with Gasteiger partial charge in [0.15, 0.2) is 0 Å². The van der Waals surface area contributed by atoms with Crippen molar-refractivity contribution < 1.29 is 24.3 Å². The Labute approximate surface area is 200 Å². The van der Waals surface area contributed by atoms with E-state index in [4.69, 9.17) is 14.4 Å². The zero-order chi connectivity index (χ0) is 23.9. The Kier molecular flexibility index (Phi) is 8.39. The number of amides is 1. The molecule has 2 heterocycles. The van der Waals surface area contributed by atoms with Crippen LogP contribution in [0.2, 0.25) is 0 Å². The van der Waals surface area contributed by atoms with E-state index in [-0.39, 0.29) is 19.1 Å². The van der Waals surface area contributed by atoms with Crippen LogP contribution in [0.3, 0.4) is 0 Å². The van der Waals surface area contributed by atoms with Crippen LogP contribution in [0.25, 0.3) is 0 Å². The minimum absolute atomic E-state index is 0.0164. The highest BCUT2D eigenvalue weighted by Crippen LogP contribution is 2.36. The zero-order valence-corrected chi connectivity index (χ0v) is 19.9. The number of benzene rings is 1. The maximum atomic E-state index is 12.2. The Morgan fingerprint density at radius 2 is 2.09 bits per heavy atom. The average molecular weight is 473 g/mol. The number of piperidine rings is 1. The van der Waals surface area contributed by atoms with Crippen molar-refractivity contribution in [2.75, 3.05) is 37.7 Å². The van der Waals surface area contributed by atoms with E-state index in [1.807, 2.05) is 13.0 Å². The highest BCUT2D eigenvalue weighted by Gasteiger charge is 2.28. The molecule has 2 aromatic rings. The molecule has 1 aromatic heterocycles. The van der Waals surface area contributed by atoms with Gasteiger partial charge in [0.1, 0.15) is 5.75 Å². The van der Waals surface area contributed by atoms with Gasteiger partial charge in [-0.1, -0.05) is 6.42 Å². The summed E-state index contributed by atoms with van der Waals surface area (Å²) in [4.78, 5) is 19.1. The third-order valence-corrected chi connectivity index (χ3v) is 6.96. The van der Waals surface area contributed by atoms with Crippen LogP contribution in [0.15, 0.2) is 22.7 Å². The number of nitrogens with zero attached hydrogens (tertiary/aromatic N) is 3. The third-order valence-electron chi connectivity index (χ3n) is 6.96. The number of hydrogen-bond acceptors (Lipinski definition) is 8. The molecule has 186 valence electrons. The molecule has 1 aromatic carbocycles. The second-order valence-corrected chi connectivity index (χ2v) is 9.50. The zero-order valence-electron chi connectivity index (χ0n) is 19.9. The molecule has 0 spiro atoms. The van der Waals surface area contributed by atoms with Gasteiger partial charge in [-0.3, -0.25) is 4.79 Å². The lowest BCUT2D eigenvalue weighted by Gasteiger charge is -2.31. The van der Waals surface area contributed by atoms with Crippen molar-refractivity contribution in [1.82, 2.24) is 15.5 Å². The highest BCUT2D eigenvalue weighted by atomic mass is 16.5. The van der Waals surface area contributed by atoms with Gasteiger partial charge in [-0.25, -0.2) is 0 Å². The molecule has 2 fully saturated rings. The molecule has 0 bridgehead atoms. The third kappa shape index (κ3) is 6.27. The molecule has 1 saturated heterocycles. The first-order valence-corrected chi connectivity index (χ1v) is 12.4. The Hall–Kier alpha value is -2.65. The first kappa shape index (κ1) is 24.5. The van der Waals surface area contributed by atoms with Crippen molar-refractivity contribution in [3.8, 4) is 5.75 Å². The number of aryl methyl sites for hydroxylation is 1. The molecule has 34 heavy (non-hydrogen) atoms. The van der Waals surface area contributed by atoms with E-state index >= 15 is 0 Å². The van der Waals surface area contributed by atoms with Gasteiger partial charge in [0.2, 0.25) is 5.89 Å². The molecule has 4 rings (SSSR count). The smallest absolute Gasteiger partial charge is 0.266 e. The number of anilines is 1. The maximum Gasteiger partial charge on any atom is 0.266 e. The van der Waals surface area contributed by atoms with Crippen LogP contribution >= 0.6 is 0 Å². The fourth-order valence-electron chi connectivity index (χ4n) is 4.51. The highest BCUT2D eigenvalue weighted by molar-refractivity contribution is 5.95. The Morgan fingerprint density at radius 3 is 2.76 bits per heavy atom. The van der Waals surface area contributed by atoms with Crippen molar-refractivity contribution in [2.24, 2.45) is 5.92 Å². The van der Waals surface area contributed by atoms with Crippen molar-refractivity contribution in [1.29, 1.82) is 0 Å². The first-order chi connectivity index (χ1) is 16.5. The Balaban J connectivity index is 1.14. The molecular weight excluding hydrogens is 436 g/mol. The number of aliphatic hydroxyl groups is 2. The fraction of sp³-hybridized carbons (Fsp3) is 0.640. The van der Waals surface area contributed by atoms with Gasteiger partial charge in [-0.2, -0.15) is 4.98 Å². The lowest BCUT2D eigenvalue weighted by atomic mass is 9.85. The SMILES string of the molecule is Cc1cc(OCCCC2CCN(c3noc(C4CCC4)n3)CC2)ccc1C(=O)NCC(O)CO. The largest absolute Gasteiger partial charge is 0.494 e. The molecule has 1 unspecified atom stereocenters. The van der Waals surface area contributed by atoms with Crippen LogP contribution in [-0.4, -0.2) is 65.2 Å². The normalized spacial score (nSPS) is 17.9. The summed E-state index contributed by atoms with van der Waals surface area (Å²) >= 11 is 0. The summed E-state index contributed by atoms with van der Waals surface area (Å²) in [6.45, 7) is 4.06. The summed E-state index contributed by atoms with van der Waals surface area (Å²) in [5.41, 5.74) is 1.34. The van der Waals surface area contributed by atoms with Crippen LogP contribution in [-0.2, 0) is 0 Å². The number of nitrogens with one attached hydrogen (secondary N) is 1. The number of aliphatic hydroxyl groups excluding tert-OH is 2. The van der Waals surface area contributed by atoms with Crippen LogP contribution in [0.4, 0.5) is 5.95 Å². The topological polar surface area (TPSA) is 121 Å². The maximum absolute atomic E-state index is 12.2. The minimum atomic E-state index is -0.956. The quantitative estimate of drug-likeness (QED) is 0.427. The number of aromatic nitrogens is 2. The summed E-state index contributed by atoms with van der Waals surface area (Å²) < 4.78 is 11.4. The van der Waals surface area contributed by atoms with Gasteiger partial charge in [-0.15, -0.1) is 0 Å². The van der Waals surface area contributed by atoms with Gasteiger partial charge in [0.05, 0.1) is 19.3 Å². The van der Waals surface area contributed by atoms with E-state index in [9.17, 15) is 9.90 Å². The molecular formula is C25H36N4O5. The number of ether oxygens (including phenoxy) is 1. The van der Waals surface area contributed by atoms with Crippen molar-refractivity contribution in [2.45, 2.75) is 63.9 Å².